The van der Waals surface area contributed by atoms with Crippen molar-refractivity contribution in [1.29, 1.82) is 0 Å². The number of fused-ring (bicyclic) bond motifs is 1. The van der Waals surface area contributed by atoms with E-state index in [1.807, 2.05) is 32.2 Å². The molecule has 0 fully saturated rings. The largest absolute Gasteiger partial charge is 0.501 e. The number of aromatic nitrogens is 2. The predicted octanol–water partition coefficient (Wildman–Crippen LogP) is 2.65. The quantitative estimate of drug-likeness (QED) is 0.385. The summed E-state index contributed by atoms with van der Waals surface area (Å²) in [6.45, 7) is 4.46. The minimum absolute atomic E-state index is 0.363. The average molecular weight is 301 g/mol. The lowest BCUT2D eigenvalue weighted by Gasteiger charge is -2.04. The third-order valence-electron chi connectivity index (χ3n) is 3.34. The van der Waals surface area contributed by atoms with Crippen LogP contribution in [0.1, 0.15) is 24.2 Å². The molecule has 0 atom stereocenters. The van der Waals surface area contributed by atoms with Gasteiger partial charge in [-0.25, -0.2) is 5.48 Å². The predicted molar refractivity (Wildman–Crippen MR) is 83.5 cm³/mol. The number of methoxy groups -OCH3 is 1. The Bertz CT molecular complexity index is 744. The molecule has 2 N–H and O–H groups in total. The van der Waals surface area contributed by atoms with Gasteiger partial charge in [0.25, 0.3) is 5.91 Å². The minimum atomic E-state index is -0.552. The second-order valence-corrected chi connectivity index (χ2v) is 4.86. The van der Waals surface area contributed by atoms with Gasteiger partial charge in [0.1, 0.15) is 0 Å². The minimum Gasteiger partial charge on any atom is -0.501 e. The van der Waals surface area contributed by atoms with E-state index in [1.54, 1.807) is 35.5 Å². The van der Waals surface area contributed by atoms with Crippen molar-refractivity contribution < 1.29 is 14.7 Å². The van der Waals surface area contributed by atoms with Crippen LogP contribution in [0.25, 0.3) is 10.9 Å². The van der Waals surface area contributed by atoms with Crippen molar-refractivity contribution >= 4 is 16.8 Å². The van der Waals surface area contributed by atoms with Crippen LogP contribution in [-0.4, -0.2) is 28.0 Å². The molecule has 22 heavy (non-hydrogen) atoms. The van der Waals surface area contributed by atoms with E-state index < -0.39 is 5.91 Å². The van der Waals surface area contributed by atoms with Crippen molar-refractivity contribution in [2.75, 3.05) is 7.11 Å². The van der Waals surface area contributed by atoms with Crippen LogP contribution in [0.3, 0.4) is 0 Å². The van der Waals surface area contributed by atoms with Gasteiger partial charge in [0.15, 0.2) is 0 Å². The van der Waals surface area contributed by atoms with E-state index in [-0.39, 0.29) is 0 Å². The average Bonchev–Trinajstić information content (AvgIpc) is 2.94. The highest BCUT2D eigenvalue weighted by molar-refractivity contribution is 5.97. The third kappa shape index (κ3) is 3.53. The van der Waals surface area contributed by atoms with E-state index in [9.17, 15) is 4.79 Å². The Balaban J connectivity index is 2.28. The van der Waals surface area contributed by atoms with Crippen LogP contribution in [0.2, 0.25) is 0 Å². The number of nitrogens with zero attached hydrogens (tertiary/aromatic N) is 2. The van der Waals surface area contributed by atoms with E-state index in [2.05, 4.69) is 5.10 Å². The van der Waals surface area contributed by atoms with Crippen LogP contribution in [-0.2, 0) is 11.3 Å². The van der Waals surface area contributed by atoms with E-state index in [0.29, 0.717) is 17.6 Å². The molecule has 6 nitrogen and oxygen atoms in total. The molecule has 0 aliphatic heterocycles. The first-order valence-corrected chi connectivity index (χ1v) is 6.86. The van der Waals surface area contributed by atoms with Crippen LogP contribution in [0.4, 0.5) is 0 Å². The number of hydrogen-bond acceptors (Lipinski definition) is 4. The maximum Gasteiger partial charge on any atom is 0.274 e. The molecule has 6 heteroatoms. The van der Waals surface area contributed by atoms with Gasteiger partial charge in [-0.15, -0.1) is 0 Å². The van der Waals surface area contributed by atoms with Crippen LogP contribution in [0.5, 0.6) is 0 Å². The first kappa shape index (κ1) is 15.8. The second-order valence-electron chi connectivity index (χ2n) is 4.86. The molecule has 0 spiro atoms. The van der Waals surface area contributed by atoms with Crippen molar-refractivity contribution in [1.82, 2.24) is 15.3 Å². The molecular formula is C16H19N3O3. The normalized spacial score (nSPS) is 12.5. The zero-order chi connectivity index (χ0) is 16.1. The molecule has 0 unspecified atom stereocenters. The maximum atomic E-state index is 11.4. The molecule has 0 bridgehead atoms. The summed E-state index contributed by atoms with van der Waals surface area (Å²) in [4.78, 5) is 11.4. The summed E-state index contributed by atoms with van der Waals surface area (Å²) >= 11 is 0. The highest BCUT2D eigenvalue weighted by Gasteiger charge is 2.08. The number of benzene rings is 1. The van der Waals surface area contributed by atoms with Crippen molar-refractivity contribution in [3.05, 3.63) is 53.4 Å². The van der Waals surface area contributed by atoms with Crippen LogP contribution >= 0.6 is 0 Å². The van der Waals surface area contributed by atoms with E-state index >= 15 is 0 Å². The topological polar surface area (TPSA) is 76.4 Å². The Morgan fingerprint density at radius 1 is 1.50 bits per heavy atom. The van der Waals surface area contributed by atoms with Crippen molar-refractivity contribution in [2.45, 2.75) is 20.4 Å². The van der Waals surface area contributed by atoms with E-state index in [0.717, 1.165) is 16.7 Å². The van der Waals surface area contributed by atoms with Gasteiger partial charge in [0.05, 0.1) is 24.9 Å². The fourth-order valence-corrected chi connectivity index (χ4v) is 2.08. The highest BCUT2D eigenvalue weighted by Crippen LogP contribution is 2.16. The Hall–Kier alpha value is -2.60. The molecule has 0 aliphatic rings. The van der Waals surface area contributed by atoms with E-state index in [4.69, 9.17) is 9.94 Å². The van der Waals surface area contributed by atoms with Gasteiger partial charge < -0.3 is 4.74 Å². The van der Waals surface area contributed by atoms with Crippen LogP contribution in [0.15, 0.2) is 47.9 Å². The zero-order valence-electron chi connectivity index (χ0n) is 12.8. The molecule has 1 heterocycles. The molecule has 116 valence electrons. The van der Waals surface area contributed by atoms with Gasteiger partial charge in [-0.3, -0.25) is 14.7 Å². The molecule has 1 aromatic heterocycles. The fraction of sp³-hybridized carbons (Fsp3) is 0.250. The summed E-state index contributed by atoms with van der Waals surface area (Å²) in [6.07, 6.45) is 5.87. The number of hydroxylamine groups is 1. The molecule has 2 aromatic rings. The molecule has 0 radical (unpaired) electrons. The zero-order valence-corrected chi connectivity index (χ0v) is 12.8. The molecular weight excluding hydrogens is 282 g/mol. The smallest absolute Gasteiger partial charge is 0.274 e. The van der Waals surface area contributed by atoms with Gasteiger partial charge in [0.2, 0.25) is 0 Å². The fourth-order valence-electron chi connectivity index (χ4n) is 2.08. The second kappa shape index (κ2) is 6.91. The summed E-state index contributed by atoms with van der Waals surface area (Å²) in [5.41, 5.74) is 3.75. The van der Waals surface area contributed by atoms with Gasteiger partial charge in [0, 0.05) is 17.1 Å². The monoisotopic (exact) mass is 301 g/mol. The van der Waals surface area contributed by atoms with Crippen LogP contribution in [0, 0.1) is 0 Å². The lowest BCUT2D eigenvalue weighted by Crippen LogP contribution is -2.18. The van der Waals surface area contributed by atoms with Gasteiger partial charge in [-0.05, 0) is 37.6 Å². The summed E-state index contributed by atoms with van der Waals surface area (Å²) < 4.78 is 6.96. The van der Waals surface area contributed by atoms with Crippen molar-refractivity contribution in [2.24, 2.45) is 0 Å². The Labute approximate surface area is 128 Å². The van der Waals surface area contributed by atoms with E-state index in [1.165, 1.54) is 0 Å². The Morgan fingerprint density at radius 3 is 2.91 bits per heavy atom. The van der Waals surface area contributed by atoms with Crippen LogP contribution < -0.4 is 5.48 Å². The molecule has 0 saturated carbocycles. The molecule has 1 aromatic carbocycles. The van der Waals surface area contributed by atoms with Gasteiger partial charge >= 0.3 is 0 Å². The summed E-state index contributed by atoms with van der Waals surface area (Å²) in [6, 6.07) is 5.09. The van der Waals surface area contributed by atoms with Gasteiger partial charge in [-0.1, -0.05) is 12.1 Å². The summed E-state index contributed by atoms with van der Waals surface area (Å²) in [5.74, 6) is 0.274. The van der Waals surface area contributed by atoms with Crippen molar-refractivity contribution in [3.63, 3.8) is 0 Å². The standard InChI is InChI=1S/C16H19N3O3/c1-4-12(7-11(2)22-3)9-19-10-14-6-5-13(16(20)18-21)8-15(14)17-19/h4-8,10,21H,9H2,1-3H3,(H,18,20). The number of allylic oxidation sites excluding steroid dienone is 4. The number of nitrogens with one attached hydrogen (secondary N) is 1. The summed E-state index contributed by atoms with van der Waals surface area (Å²) in [7, 11) is 1.63. The number of ether oxygens (including phenoxy) is 1. The van der Waals surface area contributed by atoms with Gasteiger partial charge in [-0.2, -0.15) is 5.10 Å². The summed E-state index contributed by atoms with van der Waals surface area (Å²) in [5, 5.41) is 14.1. The first-order chi connectivity index (χ1) is 10.6. The highest BCUT2D eigenvalue weighted by atomic mass is 16.5. The lowest BCUT2D eigenvalue weighted by molar-refractivity contribution is 0.0706. The molecule has 0 aliphatic carbocycles. The number of amides is 1. The molecule has 1 amide bonds. The number of hydrogen-bond donors (Lipinski definition) is 2. The maximum absolute atomic E-state index is 11.4. The van der Waals surface area contributed by atoms with Crippen molar-refractivity contribution in [3.8, 4) is 0 Å². The SMILES string of the molecule is CC=C(C=C(C)OC)Cn1cc2ccc(C(=O)NO)cc2n1. The first-order valence-electron chi connectivity index (χ1n) is 6.86. The Kier molecular flexibility index (Phi) is 4.95. The molecule has 2 rings (SSSR count). The number of rotatable bonds is 5. The number of carbonyl (C=O) groups is 1. The Morgan fingerprint density at radius 2 is 2.27 bits per heavy atom. The number of carbonyl (C=O) groups excluding carboxylic acids is 1. The molecule has 0 saturated heterocycles. The third-order valence-corrected chi connectivity index (χ3v) is 3.34. The lowest BCUT2D eigenvalue weighted by atomic mass is 10.1.